The van der Waals surface area contributed by atoms with E-state index in [1.165, 1.54) is 17.1 Å². The predicted octanol–water partition coefficient (Wildman–Crippen LogP) is 3.87. The van der Waals surface area contributed by atoms with Gasteiger partial charge in [-0.05, 0) is 23.3 Å². The Labute approximate surface area is 156 Å². The minimum absolute atomic E-state index is 0.0323. The van der Waals surface area contributed by atoms with Crippen molar-refractivity contribution >= 4 is 29.4 Å². The number of nitrogens with one attached hydrogen (secondary N) is 1. The van der Waals surface area contributed by atoms with Gasteiger partial charge in [-0.15, -0.1) is 23.5 Å². The zero-order valence-electron chi connectivity index (χ0n) is 14.1. The summed E-state index contributed by atoms with van der Waals surface area (Å²) in [5.74, 6) is 3.46. The maximum Gasteiger partial charge on any atom is 0.258 e. The van der Waals surface area contributed by atoms with Crippen LogP contribution >= 0.6 is 23.5 Å². The van der Waals surface area contributed by atoms with Crippen LogP contribution in [0.5, 0.6) is 11.5 Å². The second-order valence-electron chi connectivity index (χ2n) is 5.53. The third-order valence-corrected chi connectivity index (χ3v) is 6.88. The normalized spacial score (nSPS) is 14.3. The molecule has 0 atom stereocenters. The quantitative estimate of drug-likeness (QED) is 0.796. The first-order chi connectivity index (χ1) is 12.3. The van der Waals surface area contributed by atoms with Crippen LogP contribution in [-0.2, 0) is 11.3 Å². The number of hydrogen-bond acceptors (Lipinski definition) is 5. The Morgan fingerprint density at radius 2 is 1.88 bits per heavy atom. The van der Waals surface area contributed by atoms with Crippen LogP contribution in [-0.4, -0.2) is 31.1 Å². The fraction of sp³-hybridized carbons (Fsp3) is 0.316. The second-order valence-corrected chi connectivity index (χ2v) is 8.26. The summed E-state index contributed by atoms with van der Waals surface area (Å²) < 4.78 is 11.5. The third-order valence-electron chi connectivity index (χ3n) is 3.77. The van der Waals surface area contributed by atoms with Crippen LogP contribution in [0.15, 0.2) is 48.5 Å². The van der Waals surface area contributed by atoms with Gasteiger partial charge in [0, 0.05) is 18.1 Å². The molecule has 1 aliphatic heterocycles. The average molecular weight is 376 g/mol. The zero-order valence-corrected chi connectivity index (χ0v) is 15.7. The van der Waals surface area contributed by atoms with Crippen LogP contribution < -0.4 is 14.8 Å². The first-order valence-corrected chi connectivity index (χ1v) is 10.2. The topological polar surface area (TPSA) is 47.6 Å². The van der Waals surface area contributed by atoms with Gasteiger partial charge in [0.05, 0.1) is 11.7 Å². The van der Waals surface area contributed by atoms with Crippen LogP contribution in [0.4, 0.5) is 0 Å². The number of amides is 1. The number of carbonyl (C=O) groups excluding carboxylic acids is 1. The van der Waals surface area contributed by atoms with Crippen molar-refractivity contribution in [2.75, 3.05) is 25.2 Å². The summed E-state index contributed by atoms with van der Waals surface area (Å²) in [6.07, 6.45) is 0. The van der Waals surface area contributed by atoms with Crippen LogP contribution in [0.1, 0.15) is 15.7 Å². The number of benzene rings is 2. The van der Waals surface area contributed by atoms with E-state index in [2.05, 4.69) is 11.4 Å². The van der Waals surface area contributed by atoms with Gasteiger partial charge in [-0.3, -0.25) is 4.79 Å². The fourth-order valence-corrected chi connectivity index (χ4v) is 5.33. The standard InChI is InChI=1S/C19H21NO3S2/c1-22-17-11-15(19-24-9-10-25-19)7-8-16(17)23-13-18(21)20-12-14-5-3-2-4-6-14/h2-8,11,19H,9-10,12-13H2,1H3,(H,20,21). The monoisotopic (exact) mass is 375 g/mol. The Kier molecular flexibility index (Phi) is 6.53. The minimum atomic E-state index is -0.156. The summed E-state index contributed by atoms with van der Waals surface area (Å²) >= 11 is 3.89. The molecule has 0 unspecified atom stereocenters. The summed E-state index contributed by atoms with van der Waals surface area (Å²) in [5, 5.41) is 2.85. The lowest BCUT2D eigenvalue weighted by molar-refractivity contribution is -0.123. The molecule has 3 rings (SSSR count). The summed E-state index contributed by atoms with van der Waals surface area (Å²) in [5.41, 5.74) is 2.29. The first-order valence-electron chi connectivity index (χ1n) is 8.11. The van der Waals surface area contributed by atoms with E-state index in [0.717, 1.165) is 5.56 Å². The summed E-state index contributed by atoms with van der Waals surface area (Å²) in [7, 11) is 1.62. The molecule has 1 amide bonds. The average Bonchev–Trinajstić information content (AvgIpc) is 3.20. The van der Waals surface area contributed by atoms with E-state index in [1.807, 2.05) is 66.0 Å². The molecule has 1 heterocycles. The lowest BCUT2D eigenvalue weighted by atomic mass is 10.2. The molecule has 1 fully saturated rings. The number of thioether (sulfide) groups is 2. The Morgan fingerprint density at radius 3 is 2.60 bits per heavy atom. The summed E-state index contributed by atoms with van der Waals surface area (Å²) in [4.78, 5) is 12.0. The molecule has 0 radical (unpaired) electrons. The highest BCUT2D eigenvalue weighted by Crippen LogP contribution is 2.46. The van der Waals surface area contributed by atoms with Crippen molar-refractivity contribution in [2.24, 2.45) is 0 Å². The van der Waals surface area contributed by atoms with E-state index in [9.17, 15) is 4.79 Å². The van der Waals surface area contributed by atoms with Crippen LogP contribution in [0.3, 0.4) is 0 Å². The van der Waals surface area contributed by atoms with Crippen LogP contribution in [0.2, 0.25) is 0 Å². The Hall–Kier alpha value is -1.79. The maximum absolute atomic E-state index is 12.0. The Bertz CT molecular complexity index is 703. The van der Waals surface area contributed by atoms with Crippen LogP contribution in [0, 0.1) is 0 Å². The number of rotatable bonds is 7. The van der Waals surface area contributed by atoms with Gasteiger partial charge in [0.2, 0.25) is 0 Å². The van der Waals surface area contributed by atoms with Crippen molar-refractivity contribution in [2.45, 2.75) is 11.1 Å². The van der Waals surface area contributed by atoms with E-state index in [1.54, 1.807) is 7.11 Å². The molecule has 0 bridgehead atoms. The number of methoxy groups -OCH3 is 1. The molecule has 2 aromatic rings. The highest BCUT2D eigenvalue weighted by atomic mass is 32.2. The molecule has 0 aliphatic carbocycles. The SMILES string of the molecule is COc1cc(C2SCCS2)ccc1OCC(=O)NCc1ccccc1. The highest BCUT2D eigenvalue weighted by molar-refractivity contribution is 8.19. The van der Waals surface area contributed by atoms with Crippen LogP contribution in [0.25, 0.3) is 0 Å². The molecule has 4 nitrogen and oxygen atoms in total. The van der Waals surface area contributed by atoms with Gasteiger partial charge in [-0.1, -0.05) is 36.4 Å². The first kappa shape index (κ1) is 18.0. The van der Waals surface area contributed by atoms with E-state index in [0.29, 0.717) is 22.6 Å². The smallest absolute Gasteiger partial charge is 0.258 e. The van der Waals surface area contributed by atoms with Gasteiger partial charge < -0.3 is 14.8 Å². The van der Waals surface area contributed by atoms with Gasteiger partial charge in [0.1, 0.15) is 0 Å². The van der Waals surface area contributed by atoms with Gasteiger partial charge in [-0.25, -0.2) is 0 Å². The van der Waals surface area contributed by atoms with Crippen molar-refractivity contribution < 1.29 is 14.3 Å². The van der Waals surface area contributed by atoms with E-state index < -0.39 is 0 Å². The lowest BCUT2D eigenvalue weighted by Gasteiger charge is -2.14. The largest absolute Gasteiger partial charge is 0.493 e. The van der Waals surface area contributed by atoms with E-state index in [-0.39, 0.29) is 12.5 Å². The van der Waals surface area contributed by atoms with E-state index in [4.69, 9.17) is 9.47 Å². The Morgan fingerprint density at radius 1 is 1.12 bits per heavy atom. The van der Waals surface area contributed by atoms with Crippen molar-refractivity contribution in [3.63, 3.8) is 0 Å². The molecule has 0 spiro atoms. The minimum Gasteiger partial charge on any atom is -0.493 e. The molecule has 0 aromatic heterocycles. The fourth-order valence-electron chi connectivity index (χ4n) is 2.49. The molecular formula is C19H21NO3S2. The lowest BCUT2D eigenvalue weighted by Crippen LogP contribution is -2.28. The molecule has 25 heavy (non-hydrogen) atoms. The number of hydrogen-bond donors (Lipinski definition) is 1. The number of carbonyl (C=O) groups is 1. The van der Waals surface area contributed by atoms with Gasteiger partial charge in [-0.2, -0.15) is 0 Å². The van der Waals surface area contributed by atoms with Crippen molar-refractivity contribution in [1.82, 2.24) is 5.32 Å². The van der Waals surface area contributed by atoms with Gasteiger partial charge >= 0.3 is 0 Å². The van der Waals surface area contributed by atoms with Crippen molar-refractivity contribution in [1.29, 1.82) is 0 Å². The predicted molar refractivity (Wildman–Crippen MR) is 104 cm³/mol. The molecule has 6 heteroatoms. The summed E-state index contributed by atoms with van der Waals surface area (Å²) in [6.45, 7) is 0.463. The molecule has 1 N–H and O–H groups in total. The molecule has 1 saturated heterocycles. The molecular weight excluding hydrogens is 354 g/mol. The van der Waals surface area contributed by atoms with E-state index >= 15 is 0 Å². The maximum atomic E-state index is 12.0. The van der Waals surface area contributed by atoms with Gasteiger partial charge in [0.15, 0.2) is 18.1 Å². The highest BCUT2D eigenvalue weighted by Gasteiger charge is 2.20. The van der Waals surface area contributed by atoms with Gasteiger partial charge in [0.25, 0.3) is 5.91 Å². The number of ether oxygens (including phenoxy) is 2. The molecule has 2 aromatic carbocycles. The van der Waals surface area contributed by atoms with Crippen molar-refractivity contribution in [3.8, 4) is 11.5 Å². The second kappa shape index (κ2) is 9.06. The third kappa shape index (κ3) is 5.09. The molecule has 132 valence electrons. The molecule has 0 saturated carbocycles. The molecule has 1 aliphatic rings. The summed E-state index contributed by atoms with van der Waals surface area (Å²) in [6, 6.07) is 15.7. The van der Waals surface area contributed by atoms with Crippen molar-refractivity contribution in [3.05, 3.63) is 59.7 Å². The Balaban J connectivity index is 1.54. The zero-order chi connectivity index (χ0) is 17.5.